The first-order chi connectivity index (χ1) is 9.79. The van der Waals surface area contributed by atoms with Crippen LogP contribution in [-0.2, 0) is 0 Å². The van der Waals surface area contributed by atoms with Crippen molar-refractivity contribution in [2.45, 2.75) is 6.42 Å². The molecule has 2 aromatic rings. The number of methoxy groups -OCH3 is 1. The Bertz CT molecular complexity index is 531. The Morgan fingerprint density at radius 3 is 2.60 bits per heavy atom. The van der Waals surface area contributed by atoms with E-state index in [2.05, 4.69) is 5.32 Å². The van der Waals surface area contributed by atoms with Crippen molar-refractivity contribution in [2.75, 3.05) is 25.6 Å². The highest BCUT2D eigenvalue weighted by molar-refractivity contribution is 6.32. The Labute approximate surface area is 124 Å². The summed E-state index contributed by atoms with van der Waals surface area (Å²) in [5.74, 6) is 1.59. The van der Waals surface area contributed by atoms with Crippen LogP contribution in [0.15, 0.2) is 48.5 Å². The molecule has 0 fully saturated rings. The molecular formula is C16H18ClNO2. The molecule has 2 aromatic carbocycles. The molecule has 0 spiro atoms. The molecule has 0 radical (unpaired) electrons. The molecule has 0 aliphatic rings. The topological polar surface area (TPSA) is 30.5 Å². The van der Waals surface area contributed by atoms with Gasteiger partial charge in [-0.1, -0.05) is 29.8 Å². The molecule has 0 heterocycles. The third-order valence-electron chi connectivity index (χ3n) is 2.81. The van der Waals surface area contributed by atoms with Crippen molar-refractivity contribution in [3.63, 3.8) is 0 Å². The molecule has 2 rings (SSSR count). The van der Waals surface area contributed by atoms with E-state index in [0.29, 0.717) is 17.4 Å². The van der Waals surface area contributed by atoms with Crippen LogP contribution < -0.4 is 14.8 Å². The van der Waals surface area contributed by atoms with E-state index in [1.54, 1.807) is 7.11 Å². The van der Waals surface area contributed by atoms with Gasteiger partial charge >= 0.3 is 0 Å². The number of rotatable bonds is 7. The summed E-state index contributed by atoms with van der Waals surface area (Å²) in [6.07, 6.45) is 0.915. The van der Waals surface area contributed by atoms with Crippen LogP contribution in [0.5, 0.6) is 11.5 Å². The van der Waals surface area contributed by atoms with E-state index >= 15 is 0 Å². The van der Waals surface area contributed by atoms with Crippen molar-refractivity contribution in [1.29, 1.82) is 0 Å². The molecule has 1 N–H and O–H groups in total. The number of hydrogen-bond acceptors (Lipinski definition) is 3. The third-order valence-corrected chi connectivity index (χ3v) is 3.11. The molecule has 20 heavy (non-hydrogen) atoms. The summed E-state index contributed by atoms with van der Waals surface area (Å²) in [4.78, 5) is 0. The molecule has 0 aromatic heterocycles. The molecule has 0 amide bonds. The van der Waals surface area contributed by atoms with Crippen LogP contribution in [0.4, 0.5) is 5.69 Å². The minimum Gasteiger partial charge on any atom is -0.495 e. The lowest BCUT2D eigenvalue weighted by Crippen LogP contribution is -2.07. The Morgan fingerprint density at radius 2 is 1.90 bits per heavy atom. The number of nitrogens with one attached hydrogen (secondary N) is 1. The van der Waals surface area contributed by atoms with Crippen LogP contribution in [0.1, 0.15) is 6.42 Å². The Hall–Kier alpha value is -1.87. The normalized spacial score (nSPS) is 10.1. The van der Waals surface area contributed by atoms with Crippen LogP contribution in [0.25, 0.3) is 0 Å². The van der Waals surface area contributed by atoms with Gasteiger partial charge in [0.05, 0.1) is 18.7 Å². The Balaban J connectivity index is 1.69. The first-order valence-electron chi connectivity index (χ1n) is 6.55. The molecular weight excluding hydrogens is 274 g/mol. The van der Waals surface area contributed by atoms with E-state index in [9.17, 15) is 0 Å². The van der Waals surface area contributed by atoms with Gasteiger partial charge in [-0.3, -0.25) is 0 Å². The molecule has 0 aliphatic carbocycles. The zero-order chi connectivity index (χ0) is 14.2. The summed E-state index contributed by atoms with van der Waals surface area (Å²) in [6, 6.07) is 15.5. The highest BCUT2D eigenvalue weighted by atomic mass is 35.5. The molecule has 0 saturated heterocycles. The summed E-state index contributed by atoms with van der Waals surface area (Å²) in [5, 5.41) is 3.91. The molecule has 0 saturated carbocycles. The predicted octanol–water partition coefficient (Wildman–Crippen LogP) is 4.23. The lowest BCUT2D eigenvalue weighted by Gasteiger charge is -2.09. The van der Waals surface area contributed by atoms with Crippen LogP contribution in [0, 0.1) is 0 Å². The molecule has 3 nitrogen and oxygen atoms in total. The van der Waals surface area contributed by atoms with E-state index in [0.717, 1.165) is 24.4 Å². The third kappa shape index (κ3) is 4.35. The fourth-order valence-electron chi connectivity index (χ4n) is 1.79. The molecule has 0 aliphatic heterocycles. The number of para-hydroxylation sites is 1. The lowest BCUT2D eigenvalue weighted by molar-refractivity contribution is 0.315. The first-order valence-corrected chi connectivity index (χ1v) is 6.92. The predicted molar refractivity (Wildman–Crippen MR) is 83.0 cm³/mol. The van der Waals surface area contributed by atoms with Gasteiger partial charge in [-0.2, -0.15) is 0 Å². The van der Waals surface area contributed by atoms with Gasteiger partial charge < -0.3 is 14.8 Å². The number of halogens is 1. The second kappa shape index (κ2) is 7.65. The van der Waals surface area contributed by atoms with Gasteiger partial charge in [0.15, 0.2) is 0 Å². The van der Waals surface area contributed by atoms with E-state index in [4.69, 9.17) is 21.1 Å². The first kappa shape index (κ1) is 14.5. The minimum atomic E-state index is 0.609. The maximum atomic E-state index is 6.06. The fourth-order valence-corrected chi connectivity index (χ4v) is 2.05. The highest BCUT2D eigenvalue weighted by Gasteiger charge is 2.01. The van der Waals surface area contributed by atoms with Crippen LogP contribution in [-0.4, -0.2) is 20.3 Å². The largest absolute Gasteiger partial charge is 0.495 e. The zero-order valence-electron chi connectivity index (χ0n) is 11.4. The molecule has 0 atom stereocenters. The number of anilines is 1. The quantitative estimate of drug-likeness (QED) is 0.774. The summed E-state index contributed by atoms with van der Waals surface area (Å²) >= 11 is 6.06. The average Bonchev–Trinajstić information content (AvgIpc) is 2.48. The maximum absolute atomic E-state index is 6.06. The summed E-state index contributed by atoms with van der Waals surface area (Å²) < 4.78 is 10.7. The van der Waals surface area contributed by atoms with E-state index in [1.165, 1.54) is 0 Å². The fraction of sp³-hybridized carbons (Fsp3) is 0.250. The molecule has 106 valence electrons. The monoisotopic (exact) mass is 291 g/mol. The second-order valence-corrected chi connectivity index (χ2v) is 4.70. The van der Waals surface area contributed by atoms with Gasteiger partial charge in [0.1, 0.15) is 11.5 Å². The van der Waals surface area contributed by atoms with Gasteiger partial charge in [0, 0.05) is 12.2 Å². The van der Waals surface area contributed by atoms with Crippen LogP contribution in [0.3, 0.4) is 0 Å². The van der Waals surface area contributed by atoms with Gasteiger partial charge in [-0.15, -0.1) is 0 Å². The number of benzene rings is 2. The van der Waals surface area contributed by atoms with Crippen molar-refractivity contribution < 1.29 is 9.47 Å². The maximum Gasteiger partial charge on any atom is 0.137 e. The summed E-state index contributed by atoms with van der Waals surface area (Å²) in [7, 11) is 1.61. The molecule has 0 unspecified atom stereocenters. The van der Waals surface area contributed by atoms with Crippen LogP contribution >= 0.6 is 11.6 Å². The van der Waals surface area contributed by atoms with Crippen LogP contribution in [0.2, 0.25) is 5.02 Å². The smallest absolute Gasteiger partial charge is 0.137 e. The Kier molecular flexibility index (Phi) is 5.56. The second-order valence-electron chi connectivity index (χ2n) is 4.29. The van der Waals surface area contributed by atoms with Gasteiger partial charge in [0.25, 0.3) is 0 Å². The zero-order valence-corrected chi connectivity index (χ0v) is 12.2. The number of ether oxygens (including phenoxy) is 2. The van der Waals surface area contributed by atoms with Crippen molar-refractivity contribution in [3.8, 4) is 11.5 Å². The van der Waals surface area contributed by atoms with Gasteiger partial charge in [0.2, 0.25) is 0 Å². The van der Waals surface area contributed by atoms with Crippen molar-refractivity contribution in [1.82, 2.24) is 0 Å². The SMILES string of the molecule is COc1ccc(NCCCOc2ccccc2)cc1Cl. The molecule has 4 heteroatoms. The highest BCUT2D eigenvalue weighted by Crippen LogP contribution is 2.27. The van der Waals surface area contributed by atoms with E-state index in [1.807, 2.05) is 48.5 Å². The standard InChI is InChI=1S/C16H18ClNO2/c1-19-16-9-8-13(12-15(16)17)18-10-5-11-20-14-6-3-2-4-7-14/h2-4,6-9,12,18H,5,10-11H2,1H3. The van der Waals surface area contributed by atoms with E-state index in [-0.39, 0.29) is 0 Å². The summed E-state index contributed by atoms with van der Waals surface area (Å²) in [6.45, 7) is 1.51. The minimum absolute atomic E-state index is 0.609. The van der Waals surface area contributed by atoms with Gasteiger partial charge in [-0.25, -0.2) is 0 Å². The number of hydrogen-bond donors (Lipinski definition) is 1. The average molecular weight is 292 g/mol. The summed E-state index contributed by atoms with van der Waals surface area (Å²) in [5.41, 5.74) is 0.982. The lowest BCUT2D eigenvalue weighted by atomic mass is 10.3. The molecule has 0 bridgehead atoms. The Morgan fingerprint density at radius 1 is 1.10 bits per heavy atom. The van der Waals surface area contributed by atoms with E-state index < -0.39 is 0 Å². The van der Waals surface area contributed by atoms with Gasteiger partial charge in [-0.05, 0) is 36.8 Å². The van der Waals surface area contributed by atoms with Crippen molar-refractivity contribution in [2.24, 2.45) is 0 Å². The van der Waals surface area contributed by atoms with Crippen molar-refractivity contribution in [3.05, 3.63) is 53.6 Å². The van der Waals surface area contributed by atoms with Crippen molar-refractivity contribution >= 4 is 17.3 Å².